The summed E-state index contributed by atoms with van der Waals surface area (Å²) >= 11 is 0. The Morgan fingerprint density at radius 3 is 1.35 bits per heavy atom. The normalized spacial score (nSPS) is 11.6. The second-order valence-corrected chi connectivity index (χ2v) is 9.25. The fourth-order valence-electron chi connectivity index (χ4n) is 4.37. The molecule has 0 saturated heterocycles. The second-order valence-electron chi connectivity index (χ2n) is 9.25. The van der Waals surface area contributed by atoms with E-state index in [1.54, 1.807) is 0 Å². The molecule has 0 spiro atoms. The molecule has 0 rings (SSSR count). The van der Waals surface area contributed by atoms with E-state index >= 15 is 0 Å². The van der Waals surface area contributed by atoms with Gasteiger partial charge in [-0.1, -0.05) is 97.3 Å². The first-order valence-electron chi connectivity index (χ1n) is 13.4. The number of aliphatic hydroxyl groups excluding tert-OH is 2. The Labute approximate surface area is 205 Å². The van der Waals surface area contributed by atoms with Crippen molar-refractivity contribution in [2.75, 3.05) is 52.6 Å². The highest BCUT2D eigenvalue weighted by molar-refractivity contribution is 4.51. The molecule has 0 aliphatic rings. The first kappa shape index (κ1) is 33.5. The molecule has 0 aromatic rings. The molecular formula is C26H56BrNO3. The van der Waals surface area contributed by atoms with E-state index in [2.05, 4.69) is 13.8 Å². The van der Waals surface area contributed by atoms with Crippen LogP contribution in [0.4, 0.5) is 0 Å². The Morgan fingerprint density at radius 2 is 0.903 bits per heavy atom. The fourth-order valence-corrected chi connectivity index (χ4v) is 4.37. The van der Waals surface area contributed by atoms with Crippen molar-refractivity contribution < 1.29 is 36.4 Å². The predicted molar refractivity (Wildman–Crippen MR) is 130 cm³/mol. The summed E-state index contributed by atoms with van der Waals surface area (Å²) in [5, 5.41) is 19.2. The molecule has 0 saturated carbocycles. The van der Waals surface area contributed by atoms with Crippen LogP contribution in [0.2, 0.25) is 0 Å². The van der Waals surface area contributed by atoms with Gasteiger partial charge in [-0.25, -0.2) is 0 Å². The summed E-state index contributed by atoms with van der Waals surface area (Å²) in [5.74, 6) is 0. The van der Waals surface area contributed by atoms with Gasteiger partial charge >= 0.3 is 0 Å². The Balaban J connectivity index is 0. The van der Waals surface area contributed by atoms with Gasteiger partial charge in [0.15, 0.2) is 0 Å². The van der Waals surface area contributed by atoms with Crippen LogP contribution in [0, 0.1) is 0 Å². The van der Waals surface area contributed by atoms with Crippen LogP contribution in [0.3, 0.4) is 0 Å². The molecule has 5 heteroatoms. The summed E-state index contributed by atoms with van der Waals surface area (Å²) in [6.07, 6.45) is 21.1. The average molecular weight is 511 g/mol. The van der Waals surface area contributed by atoms with E-state index in [0.717, 1.165) is 50.3 Å². The summed E-state index contributed by atoms with van der Waals surface area (Å²) in [4.78, 5) is 0. The van der Waals surface area contributed by atoms with Crippen LogP contribution < -0.4 is 17.0 Å². The number of rotatable bonds is 25. The number of ether oxygens (including phenoxy) is 1. The maximum atomic E-state index is 9.59. The lowest BCUT2D eigenvalue weighted by molar-refractivity contribution is -0.929. The van der Waals surface area contributed by atoms with Gasteiger partial charge in [-0.15, -0.1) is 0 Å². The van der Waals surface area contributed by atoms with Crippen LogP contribution in [0.1, 0.15) is 117 Å². The van der Waals surface area contributed by atoms with Crippen molar-refractivity contribution in [3.63, 3.8) is 0 Å². The van der Waals surface area contributed by atoms with Crippen molar-refractivity contribution in [2.45, 2.75) is 117 Å². The zero-order valence-electron chi connectivity index (χ0n) is 21.1. The summed E-state index contributed by atoms with van der Waals surface area (Å²) in [7, 11) is 0. The van der Waals surface area contributed by atoms with Crippen molar-refractivity contribution in [3.05, 3.63) is 0 Å². The van der Waals surface area contributed by atoms with Crippen molar-refractivity contribution in [1.29, 1.82) is 0 Å². The average Bonchev–Trinajstić information content (AvgIpc) is 2.74. The van der Waals surface area contributed by atoms with Gasteiger partial charge in [-0.3, -0.25) is 0 Å². The molecule has 0 unspecified atom stereocenters. The third-order valence-corrected chi connectivity index (χ3v) is 6.49. The number of hydrogen-bond acceptors (Lipinski definition) is 3. The molecule has 0 aliphatic carbocycles. The topological polar surface area (TPSA) is 49.7 Å². The third kappa shape index (κ3) is 21.9. The van der Waals surface area contributed by atoms with Crippen LogP contribution in [0.5, 0.6) is 0 Å². The highest BCUT2D eigenvalue weighted by Crippen LogP contribution is 2.14. The molecule has 0 fully saturated rings. The highest BCUT2D eigenvalue weighted by atomic mass is 79.9. The van der Waals surface area contributed by atoms with Crippen molar-refractivity contribution in [1.82, 2.24) is 0 Å². The number of nitrogens with zero attached hydrogens (tertiary/aromatic N) is 1. The largest absolute Gasteiger partial charge is 1.00 e. The van der Waals surface area contributed by atoms with Crippen LogP contribution in [-0.4, -0.2) is 67.3 Å². The first-order chi connectivity index (χ1) is 14.7. The van der Waals surface area contributed by atoms with E-state index in [1.165, 1.54) is 96.3 Å². The molecule has 0 radical (unpaired) electrons. The van der Waals surface area contributed by atoms with E-state index in [4.69, 9.17) is 4.74 Å². The summed E-state index contributed by atoms with van der Waals surface area (Å²) in [5.41, 5.74) is 0. The standard InChI is InChI=1S/C26H56NO3.BrH/c1-3-5-7-9-11-13-15-17-19-27(20-23-28,21-24-29)22-26-30-25-18-16-14-12-10-8-6-4-2;/h28-29H,3-26H2,1-2H3;1H/q+1;/p-1. The van der Waals surface area contributed by atoms with Crippen molar-refractivity contribution >= 4 is 0 Å². The molecule has 0 bridgehead atoms. The zero-order valence-corrected chi connectivity index (χ0v) is 22.7. The SMILES string of the molecule is CCCCCCCCCCOCC[N+](CCO)(CCO)CCCCCCCCCC.[Br-]. The Kier molecular flexibility index (Phi) is 28.7. The lowest BCUT2D eigenvalue weighted by Gasteiger charge is -2.38. The lowest BCUT2D eigenvalue weighted by atomic mass is 10.1. The Bertz CT molecular complexity index is 326. The quantitative estimate of drug-likeness (QED) is 0.147. The number of halogens is 1. The molecule has 0 aliphatic heterocycles. The van der Waals surface area contributed by atoms with E-state index in [-0.39, 0.29) is 30.2 Å². The van der Waals surface area contributed by atoms with E-state index in [9.17, 15) is 10.2 Å². The van der Waals surface area contributed by atoms with Gasteiger partial charge in [-0.05, 0) is 19.3 Å². The van der Waals surface area contributed by atoms with Gasteiger partial charge in [0.2, 0.25) is 0 Å². The summed E-state index contributed by atoms with van der Waals surface area (Å²) in [6.45, 7) is 9.94. The third-order valence-electron chi connectivity index (χ3n) is 6.49. The molecule has 31 heavy (non-hydrogen) atoms. The smallest absolute Gasteiger partial charge is 0.103 e. The van der Waals surface area contributed by atoms with Crippen molar-refractivity contribution in [3.8, 4) is 0 Å². The number of unbranched alkanes of at least 4 members (excludes halogenated alkanes) is 14. The molecule has 0 amide bonds. The predicted octanol–water partition coefficient (Wildman–Crippen LogP) is 3.09. The van der Waals surface area contributed by atoms with Gasteiger partial charge in [-0.2, -0.15) is 0 Å². The first-order valence-corrected chi connectivity index (χ1v) is 13.4. The maximum absolute atomic E-state index is 9.59. The summed E-state index contributed by atoms with van der Waals surface area (Å²) < 4.78 is 6.74. The van der Waals surface area contributed by atoms with Crippen molar-refractivity contribution in [2.24, 2.45) is 0 Å². The van der Waals surface area contributed by atoms with Crippen LogP contribution in [0.15, 0.2) is 0 Å². The molecule has 0 heterocycles. The monoisotopic (exact) mass is 509 g/mol. The van der Waals surface area contributed by atoms with E-state index < -0.39 is 0 Å². The summed E-state index contributed by atoms with van der Waals surface area (Å²) in [6, 6.07) is 0. The van der Waals surface area contributed by atoms with Gasteiger partial charge in [0, 0.05) is 6.61 Å². The van der Waals surface area contributed by atoms with E-state index in [0.29, 0.717) is 0 Å². The fraction of sp³-hybridized carbons (Fsp3) is 1.00. The number of hydrogen-bond donors (Lipinski definition) is 2. The number of aliphatic hydroxyl groups is 2. The van der Waals surface area contributed by atoms with Gasteiger partial charge in [0.1, 0.15) is 19.6 Å². The van der Waals surface area contributed by atoms with Gasteiger partial charge in [0.25, 0.3) is 0 Å². The van der Waals surface area contributed by atoms with E-state index in [1.807, 2.05) is 0 Å². The number of quaternary nitrogens is 1. The molecule has 4 nitrogen and oxygen atoms in total. The van der Waals surface area contributed by atoms with Gasteiger partial charge < -0.3 is 36.4 Å². The minimum absolute atomic E-state index is 0. The molecule has 190 valence electrons. The highest BCUT2D eigenvalue weighted by Gasteiger charge is 2.25. The second kappa shape index (κ2) is 26.6. The molecular weight excluding hydrogens is 454 g/mol. The molecule has 2 N–H and O–H groups in total. The molecule has 0 aromatic carbocycles. The van der Waals surface area contributed by atoms with Crippen LogP contribution >= 0.6 is 0 Å². The molecule has 0 atom stereocenters. The minimum atomic E-state index is 0. The zero-order chi connectivity index (χ0) is 22.2. The minimum Gasteiger partial charge on any atom is -1.00 e. The van der Waals surface area contributed by atoms with Crippen LogP contribution in [0.25, 0.3) is 0 Å². The molecule has 0 aromatic heterocycles. The lowest BCUT2D eigenvalue weighted by Crippen LogP contribution is -3.00. The Morgan fingerprint density at radius 1 is 0.484 bits per heavy atom. The van der Waals surface area contributed by atoms with Gasteiger partial charge in [0.05, 0.1) is 26.4 Å². The maximum Gasteiger partial charge on any atom is 0.103 e. The van der Waals surface area contributed by atoms with Crippen LogP contribution in [-0.2, 0) is 4.74 Å². The Hall–Kier alpha value is 0.320.